The zero-order valence-corrected chi connectivity index (χ0v) is 19.4. The number of benzene rings is 1. The van der Waals surface area contributed by atoms with Crippen molar-refractivity contribution in [1.29, 1.82) is 0 Å². The highest BCUT2D eigenvalue weighted by Gasteiger charge is 2.14. The van der Waals surface area contributed by atoms with Crippen LogP contribution in [0.25, 0.3) is 10.4 Å². The van der Waals surface area contributed by atoms with E-state index in [0.717, 1.165) is 27.6 Å². The normalized spacial score (nSPS) is 11.2. The molecule has 0 bridgehead atoms. The first-order chi connectivity index (χ1) is 15.4. The summed E-state index contributed by atoms with van der Waals surface area (Å²) < 4.78 is 0. The molecule has 0 saturated heterocycles. The number of nitrogens with two attached hydrogens (primary N) is 2. The summed E-state index contributed by atoms with van der Waals surface area (Å²) in [4.78, 5) is 31.7. The van der Waals surface area contributed by atoms with Crippen LogP contribution in [0.1, 0.15) is 36.0 Å². The summed E-state index contributed by atoms with van der Waals surface area (Å²) in [7, 11) is 0. The fourth-order valence-corrected chi connectivity index (χ4v) is 4.01. The quantitative estimate of drug-likeness (QED) is 0.459. The molecule has 1 unspecified atom stereocenters. The van der Waals surface area contributed by atoms with E-state index in [0.29, 0.717) is 25.8 Å². The van der Waals surface area contributed by atoms with E-state index in [1.807, 2.05) is 49.4 Å². The molecule has 2 amide bonds. The van der Waals surface area contributed by atoms with Crippen molar-refractivity contribution < 1.29 is 9.59 Å². The number of aryl methyl sites for hydroxylation is 2. The topological polar surface area (TPSA) is 124 Å². The second-order valence-corrected chi connectivity index (χ2v) is 8.35. The number of amides is 2. The Morgan fingerprint density at radius 3 is 2.38 bits per heavy atom. The van der Waals surface area contributed by atoms with Gasteiger partial charge in [0.1, 0.15) is 0 Å². The predicted molar refractivity (Wildman–Crippen MR) is 129 cm³/mol. The van der Waals surface area contributed by atoms with Gasteiger partial charge in [-0.05, 0) is 36.6 Å². The average molecular weight is 454 g/mol. The number of thiazole rings is 1. The summed E-state index contributed by atoms with van der Waals surface area (Å²) >= 11 is 1.64. The Balaban J connectivity index is 0.000000654. The Morgan fingerprint density at radius 1 is 1.12 bits per heavy atom. The lowest BCUT2D eigenvalue weighted by molar-refractivity contribution is -0.121. The van der Waals surface area contributed by atoms with E-state index in [-0.39, 0.29) is 17.9 Å². The molecule has 8 heteroatoms. The van der Waals surface area contributed by atoms with E-state index in [4.69, 9.17) is 5.73 Å². The van der Waals surface area contributed by atoms with Crippen molar-refractivity contribution in [3.05, 3.63) is 71.1 Å². The molecule has 2 aromatic heterocycles. The van der Waals surface area contributed by atoms with E-state index in [1.165, 1.54) is 5.56 Å². The molecule has 0 spiro atoms. The third-order valence-corrected chi connectivity index (χ3v) is 5.94. The molecule has 0 radical (unpaired) electrons. The average Bonchev–Trinajstić information content (AvgIpc) is 3.19. The second kappa shape index (κ2) is 13.3. The van der Waals surface area contributed by atoms with Gasteiger partial charge in [-0.2, -0.15) is 0 Å². The number of aromatic nitrogens is 2. The van der Waals surface area contributed by atoms with E-state index in [2.05, 4.69) is 21.0 Å². The van der Waals surface area contributed by atoms with Crippen LogP contribution in [0, 0.1) is 6.92 Å². The number of primary amides is 1. The number of rotatable bonds is 9. The number of carbonyl (C=O) groups excluding carboxylic acids is 2. The first kappa shape index (κ1) is 25.2. The highest BCUT2D eigenvalue weighted by Crippen LogP contribution is 2.30. The van der Waals surface area contributed by atoms with Gasteiger partial charge in [-0.25, -0.2) is 4.98 Å². The van der Waals surface area contributed by atoms with Crippen LogP contribution >= 0.6 is 11.3 Å². The summed E-state index contributed by atoms with van der Waals surface area (Å²) in [5.74, 6) is -0.232. The first-order valence-electron chi connectivity index (χ1n) is 10.6. The van der Waals surface area contributed by atoms with Crippen molar-refractivity contribution in [3.63, 3.8) is 0 Å². The van der Waals surface area contributed by atoms with Crippen molar-refractivity contribution >= 4 is 23.2 Å². The van der Waals surface area contributed by atoms with Gasteiger partial charge in [-0.3, -0.25) is 14.6 Å². The maximum atomic E-state index is 12.3. The van der Waals surface area contributed by atoms with Gasteiger partial charge in [0.05, 0.1) is 15.6 Å². The minimum absolute atomic E-state index is 0.0136. The number of carbonyl (C=O) groups is 2. The molecule has 7 nitrogen and oxygen atoms in total. The fourth-order valence-electron chi connectivity index (χ4n) is 2.94. The summed E-state index contributed by atoms with van der Waals surface area (Å²) in [5.41, 5.74) is 13.8. The zero-order chi connectivity index (χ0) is 23.3. The predicted octanol–water partition coefficient (Wildman–Crippen LogP) is 3.01. The molecule has 32 heavy (non-hydrogen) atoms. The maximum absolute atomic E-state index is 12.3. The zero-order valence-electron chi connectivity index (χ0n) is 18.6. The smallest absolute Gasteiger partial charge is 0.220 e. The molecule has 170 valence electrons. The van der Waals surface area contributed by atoms with Gasteiger partial charge in [0, 0.05) is 44.2 Å². The molecular formula is C24H31N5O2S. The van der Waals surface area contributed by atoms with E-state index >= 15 is 0 Å². The number of pyridine rings is 1. The van der Waals surface area contributed by atoms with Gasteiger partial charge in [0.2, 0.25) is 11.8 Å². The van der Waals surface area contributed by atoms with E-state index in [1.54, 1.807) is 30.7 Å². The second-order valence-electron chi connectivity index (χ2n) is 7.27. The van der Waals surface area contributed by atoms with Crippen LogP contribution in [0.4, 0.5) is 0 Å². The maximum Gasteiger partial charge on any atom is 0.220 e. The van der Waals surface area contributed by atoms with Crippen molar-refractivity contribution in [3.8, 4) is 10.4 Å². The van der Waals surface area contributed by atoms with Crippen LogP contribution in [-0.2, 0) is 22.4 Å². The SMILES string of the molecule is CCC(N)=O.Cc1nc(CCC(=O)NC(CN)Cc2ccccc2)sc1-c1ccncc1. The van der Waals surface area contributed by atoms with Crippen LogP contribution in [0.15, 0.2) is 54.9 Å². The fraction of sp³-hybridized carbons (Fsp3) is 0.333. The highest BCUT2D eigenvalue weighted by molar-refractivity contribution is 7.15. The minimum atomic E-state index is -0.245. The summed E-state index contributed by atoms with van der Waals surface area (Å²) in [6.45, 7) is 4.14. The van der Waals surface area contributed by atoms with Gasteiger partial charge in [0.25, 0.3) is 0 Å². The van der Waals surface area contributed by atoms with Crippen LogP contribution in [0.3, 0.4) is 0 Å². The number of hydrogen-bond donors (Lipinski definition) is 3. The van der Waals surface area contributed by atoms with Gasteiger partial charge in [0.15, 0.2) is 0 Å². The molecule has 0 fully saturated rings. The van der Waals surface area contributed by atoms with Crippen molar-refractivity contribution in [2.75, 3.05) is 6.54 Å². The van der Waals surface area contributed by atoms with Gasteiger partial charge in [-0.1, -0.05) is 37.3 Å². The molecule has 5 N–H and O–H groups in total. The molecule has 0 aliphatic rings. The Kier molecular flexibility index (Phi) is 10.5. The van der Waals surface area contributed by atoms with Crippen LogP contribution in [-0.4, -0.2) is 34.4 Å². The third-order valence-electron chi connectivity index (χ3n) is 4.67. The molecule has 0 aliphatic heterocycles. The lowest BCUT2D eigenvalue weighted by Crippen LogP contribution is -2.41. The number of hydrogen-bond acceptors (Lipinski definition) is 6. The molecule has 1 atom stereocenters. The molecule has 1 aromatic carbocycles. The monoisotopic (exact) mass is 453 g/mol. The van der Waals surface area contributed by atoms with Gasteiger partial charge >= 0.3 is 0 Å². The van der Waals surface area contributed by atoms with Gasteiger partial charge in [-0.15, -0.1) is 11.3 Å². The molecule has 2 heterocycles. The molecule has 0 aliphatic carbocycles. The minimum Gasteiger partial charge on any atom is -0.370 e. The van der Waals surface area contributed by atoms with Crippen LogP contribution in [0.5, 0.6) is 0 Å². The molecule has 3 aromatic rings. The summed E-state index contributed by atoms with van der Waals surface area (Å²) in [6.07, 6.45) is 5.79. The summed E-state index contributed by atoms with van der Waals surface area (Å²) in [5, 5.41) is 4.02. The Hall–Kier alpha value is -3.10. The van der Waals surface area contributed by atoms with Gasteiger partial charge < -0.3 is 16.8 Å². The van der Waals surface area contributed by atoms with Crippen molar-refractivity contribution in [2.45, 2.75) is 45.6 Å². The Bertz CT molecular complexity index is 977. The third kappa shape index (κ3) is 8.56. The largest absolute Gasteiger partial charge is 0.370 e. The summed E-state index contributed by atoms with van der Waals surface area (Å²) in [6, 6.07) is 14.0. The van der Waals surface area contributed by atoms with Crippen molar-refractivity contribution in [2.24, 2.45) is 11.5 Å². The van der Waals surface area contributed by atoms with Crippen molar-refractivity contribution in [1.82, 2.24) is 15.3 Å². The van der Waals surface area contributed by atoms with E-state index < -0.39 is 0 Å². The lowest BCUT2D eigenvalue weighted by Gasteiger charge is -2.16. The molecule has 3 rings (SSSR count). The van der Waals surface area contributed by atoms with Crippen LogP contribution in [0.2, 0.25) is 0 Å². The number of nitrogens with zero attached hydrogens (tertiary/aromatic N) is 2. The Labute approximate surface area is 193 Å². The van der Waals surface area contributed by atoms with Crippen LogP contribution < -0.4 is 16.8 Å². The number of nitrogens with one attached hydrogen (secondary N) is 1. The molecule has 0 saturated carbocycles. The highest BCUT2D eigenvalue weighted by atomic mass is 32.1. The standard InChI is InChI=1S/C21H24N4OS.C3H7NO/c1-15-21(17-9-11-23-12-10-17)27-20(24-15)8-7-19(26)25-18(14-22)13-16-5-3-2-4-6-16;1-2-3(4)5/h2-6,9-12,18H,7-8,13-14,22H2,1H3,(H,25,26);2H2,1H3,(H2,4,5). The molecular weight excluding hydrogens is 422 g/mol. The van der Waals surface area contributed by atoms with E-state index in [9.17, 15) is 9.59 Å². The first-order valence-corrected chi connectivity index (χ1v) is 11.4. The lowest BCUT2D eigenvalue weighted by atomic mass is 10.1. The Morgan fingerprint density at radius 2 is 1.78 bits per heavy atom.